The van der Waals surface area contributed by atoms with Crippen molar-refractivity contribution in [1.29, 1.82) is 0 Å². The van der Waals surface area contributed by atoms with Crippen LogP contribution in [0.3, 0.4) is 0 Å². The van der Waals surface area contributed by atoms with Gasteiger partial charge in [0.2, 0.25) is 11.7 Å². The molecule has 1 amide bonds. The number of aryl methyl sites for hydroxylation is 1. The summed E-state index contributed by atoms with van der Waals surface area (Å²) in [6, 6.07) is 6.10. The molecule has 0 unspecified atom stereocenters. The minimum absolute atomic E-state index is 0.0231. The third-order valence-corrected chi connectivity index (χ3v) is 4.43. The number of hydrogen-bond acceptors (Lipinski definition) is 5. The van der Waals surface area contributed by atoms with Crippen molar-refractivity contribution in [3.8, 4) is 16.9 Å². The van der Waals surface area contributed by atoms with Gasteiger partial charge in [0.25, 0.3) is 0 Å². The van der Waals surface area contributed by atoms with Crippen molar-refractivity contribution in [3.63, 3.8) is 0 Å². The molecule has 0 fully saturated rings. The third-order valence-electron chi connectivity index (χ3n) is 4.43. The van der Waals surface area contributed by atoms with Crippen LogP contribution in [0.15, 0.2) is 36.8 Å². The van der Waals surface area contributed by atoms with Gasteiger partial charge in [0.05, 0.1) is 11.4 Å². The number of hydrogen-bond donors (Lipinski definition) is 2. The number of halogens is 3. The number of primary amides is 1. The summed E-state index contributed by atoms with van der Waals surface area (Å²) in [6.45, 7) is 3.22. The molecule has 10 heteroatoms. The van der Waals surface area contributed by atoms with Crippen LogP contribution in [0.1, 0.15) is 40.2 Å². The van der Waals surface area contributed by atoms with Gasteiger partial charge < -0.3 is 10.8 Å². The maximum Gasteiger partial charge on any atom is 0.451 e. The van der Waals surface area contributed by atoms with Gasteiger partial charge in [-0.1, -0.05) is 13.0 Å². The van der Waals surface area contributed by atoms with E-state index in [4.69, 9.17) is 5.73 Å². The molecule has 2 heterocycles. The lowest BCUT2D eigenvalue weighted by Crippen LogP contribution is -2.20. The smallest absolute Gasteiger partial charge is 0.396 e. The molecule has 3 aromatic rings. The number of nitrogens with two attached hydrogens (primary N) is 1. The number of carbonyl (C=O) groups excluding carboxylic acids is 1. The summed E-state index contributed by atoms with van der Waals surface area (Å²) >= 11 is 0. The van der Waals surface area contributed by atoms with Crippen LogP contribution < -0.4 is 5.73 Å². The Balaban J connectivity index is 2.35. The van der Waals surface area contributed by atoms with E-state index in [1.165, 1.54) is 12.1 Å². The Morgan fingerprint density at radius 3 is 2.55 bits per heavy atom. The number of alkyl halides is 3. The highest BCUT2D eigenvalue weighted by Gasteiger charge is 2.37. The molecule has 3 rings (SSSR count). The number of carbonyl (C=O) groups is 1. The molecule has 0 bridgehead atoms. The molecule has 0 radical (unpaired) electrons. The van der Waals surface area contributed by atoms with Gasteiger partial charge in [-0.05, 0) is 36.2 Å². The van der Waals surface area contributed by atoms with Crippen LogP contribution in [0.4, 0.5) is 13.2 Å². The van der Waals surface area contributed by atoms with Crippen LogP contribution in [0, 0.1) is 6.92 Å². The van der Waals surface area contributed by atoms with E-state index in [2.05, 4.69) is 15.1 Å². The van der Waals surface area contributed by atoms with E-state index in [1.54, 1.807) is 25.3 Å². The lowest BCUT2D eigenvalue weighted by atomic mass is 9.88. The molecule has 1 aromatic carbocycles. The predicted molar refractivity (Wildman–Crippen MR) is 98.3 cm³/mol. The minimum atomic E-state index is -4.75. The quantitative estimate of drug-likeness (QED) is 0.679. The van der Waals surface area contributed by atoms with E-state index in [9.17, 15) is 23.1 Å². The number of aliphatic hydroxyl groups excluding tert-OH is 1. The zero-order chi connectivity index (χ0) is 21.3. The second-order valence-electron chi connectivity index (χ2n) is 6.62. The Kier molecular flexibility index (Phi) is 5.38. The number of aromatic nitrogens is 4. The summed E-state index contributed by atoms with van der Waals surface area (Å²) in [7, 11) is 0. The second-order valence-corrected chi connectivity index (χ2v) is 6.62. The fraction of sp³-hybridized carbons (Fsp3) is 0.263. The van der Waals surface area contributed by atoms with E-state index in [0.717, 1.165) is 11.9 Å². The maximum absolute atomic E-state index is 13.3. The van der Waals surface area contributed by atoms with Crippen LogP contribution in [0.2, 0.25) is 0 Å². The molecular weight excluding hydrogens is 387 g/mol. The standard InChI is InChI=1S/C19H18F3N5O2/c1-10-3-4-15(24-7-10)13-5-12(27-18(19(20,21)22)25-9-26-27)6-14(17(23)29)16(13)11(2)8-28/h3-7,9,11,28H,8H2,1-2H3,(H2,23,29)/t11-/m1/s1. The first-order chi connectivity index (χ1) is 13.6. The average Bonchev–Trinajstić information content (AvgIpc) is 3.17. The number of amides is 1. The van der Waals surface area contributed by atoms with Crippen molar-refractivity contribution in [2.24, 2.45) is 5.73 Å². The predicted octanol–water partition coefficient (Wildman–Crippen LogP) is 2.85. The molecule has 2 aromatic heterocycles. The highest BCUT2D eigenvalue weighted by molar-refractivity contribution is 5.97. The van der Waals surface area contributed by atoms with Gasteiger partial charge in [-0.2, -0.15) is 18.3 Å². The molecular formula is C19H18F3N5O2. The van der Waals surface area contributed by atoms with Crippen molar-refractivity contribution in [2.45, 2.75) is 25.9 Å². The van der Waals surface area contributed by atoms with Gasteiger partial charge >= 0.3 is 6.18 Å². The van der Waals surface area contributed by atoms with Crippen molar-refractivity contribution in [2.75, 3.05) is 6.61 Å². The fourth-order valence-electron chi connectivity index (χ4n) is 3.05. The van der Waals surface area contributed by atoms with Crippen LogP contribution in [0.25, 0.3) is 16.9 Å². The lowest BCUT2D eigenvalue weighted by Gasteiger charge is -2.20. The largest absolute Gasteiger partial charge is 0.451 e. The van der Waals surface area contributed by atoms with Crippen LogP contribution in [-0.4, -0.2) is 37.4 Å². The molecule has 0 spiro atoms. The van der Waals surface area contributed by atoms with Gasteiger partial charge in [-0.25, -0.2) is 9.67 Å². The summed E-state index contributed by atoms with van der Waals surface area (Å²) in [6.07, 6.45) is -2.38. The molecule has 0 aliphatic carbocycles. The maximum atomic E-state index is 13.3. The molecule has 29 heavy (non-hydrogen) atoms. The van der Waals surface area contributed by atoms with E-state index >= 15 is 0 Å². The Hall–Kier alpha value is -3.27. The van der Waals surface area contributed by atoms with E-state index in [1.807, 2.05) is 6.92 Å². The summed E-state index contributed by atoms with van der Waals surface area (Å²) in [5, 5.41) is 13.3. The van der Waals surface area contributed by atoms with Crippen molar-refractivity contribution in [3.05, 3.63) is 59.3 Å². The number of rotatable bonds is 5. The summed E-state index contributed by atoms with van der Waals surface area (Å²) in [4.78, 5) is 19.7. The first-order valence-corrected chi connectivity index (χ1v) is 8.62. The second kappa shape index (κ2) is 7.63. The van der Waals surface area contributed by atoms with Gasteiger partial charge in [0.1, 0.15) is 6.33 Å². The highest BCUT2D eigenvalue weighted by atomic mass is 19.4. The Morgan fingerprint density at radius 2 is 2.00 bits per heavy atom. The van der Waals surface area contributed by atoms with E-state index in [-0.39, 0.29) is 17.9 Å². The molecule has 0 saturated heterocycles. The zero-order valence-electron chi connectivity index (χ0n) is 15.6. The normalized spacial score (nSPS) is 12.8. The van der Waals surface area contributed by atoms with Gasteiger partial charge in [0.15, 0.2) is 0 Å². The molecule has 0 saturated carbocycles. The number of nitrogens with zero attached hydrogens (tertiary/aromatic N) is 4. The monoisotopic (exact) mass is 405 g/mol. The third kappa shape index (κ3) is 3.97. The van der Waals surface area contributed by atoms with E-state index in [0.29, 0.717) is 21.5 Å². The number of pyridine rings is 1. The average molecular weight is 405 g/mol. The summed E-state index contributed by atoms with van der Waals surface area (Å²) in [5.41, 5.74) is 7.52. The molecule has 0 aliphatic rings. The van der Waals surface area contributed by atoms with Crippen molar-refractivity contribution >= 4 is 5.91 Å². The molecule has 1 atom stereocenters. The van der Waals surface area contributed by atoms with Crippen LogP contribution in [-0.2, 0) is 6.18 Å². The van der Waals surface area contributed by atoms with Crippen LogP contribution in [0.5, 0.6) is 0 Å². The first-order valence-electron chi connectivity index (χ1n) is 8.62. The summed E-state index contributed by atoms with van der Waals surface area (Å²) in [5.74, 6) is -2.59. The SMILES string of the molecule is Cc1ccc(-c2cc(-n3ncnc3C(F)(F)F)cc(C(N)=O)c2[C@H](C)CO)nc1. The lowest BCUT2D eigenvalue weighted by molar-refractivity contribution is -0.146. The summed E-state index contributed by atoms with van der Waals surface area (Å²) < 4.78 is 40.5. The number of benzene rings is 1. The fourth-order valence-corrected chi connectivity index (χ4v) is 3.05. The zero-order valence-corrected chi connectivity index (χ0v) is 15.6. The topological polar surface area (TPSA) is 107 Å². The number of aliphatic hydroxyl groups is 1. The Labute approximate surface area is 164 Å². The van der Waals surface area contributed by atoms with Gasteiger partial charge in [-0.3, -0.25) is 9.78 Å². The first kappa shape index (κ1) is 20.5. The minimum Gasteiger partial charge on any atom is -0.396 e. The Morgan fingerprint density at radius 1 is 1.28 bits per heavy atom. The van der Waals surface area contributed by atoms with Crippen molar-refractivity contribution in [1.82, 2.24) is 19.7 Å². The molecule has 3 N–H and O–H groups in total. The van der Waals surface area contributed by atoms with Gasteiger partial charge in [0, 0.05) is 29.8 Å². The Bertz CT molecular complexity index is 1040. The highest BCUT2D eigenvalue weighted by Crippen LogP contribution is 2.35. The molecule has 0 aliphatic heterocycles. The van der Waals surface area contributed by atoms with Crippen molar-refractivity contribution < 1.29 is 23.1 Å². The molecule has 152 valence electrons. The van der Waals surface area contributed by atoms with E-state index < -0.39 is 23.8 Å². The van der Waals surface area contributed by atoms with Gasteiger partial charge in [-0.15, -0.1) is 0 Å². The molecule has 7 nitrogen and oxygen atoms in total. The van der Waals surface area contributed by atoms with Crippen LogP contribution >= 0.6 is 0 Å².